The number of rotatable bonds is 6. The van der Waals surface area contributed by atoms with Crippen molar-refractivity contribution >= 4 is 40.1 Å². The summed E-state index contributed by atoms with van der Waals surface area (Å²) in [6.45, 7) is 2.74. The summed E-state index contributed by atoms with van der Waals surface area (Å²) >= 11 is 3.47. The Morgan fingerprint density at radius 2 is 2.29 bits per heavy atom. The molecule has 7 heteroatoms. The van der Waals surface area contributed by atoms with E-state index in [1.165, 1.54) is 6.42 Å². The van der Waals surface area contributed by atoms with Crippen LogP contribution in [0, 0.1) is 5.92 Å². The molecule has 0 radical (unpaired) electrons. The predicted molar refractivity (Wildman–Crippen MR) is 102 cm³/mol. The lowest BCUT2D eigenvalue weighted by molar-refractivity contribution is -0.116. The number of benzene rings is 1. The minimum Gasteiger partial charge on any atom is -0.316 e. The van der Waals surface area contributed by atoms with Crippen LogP contribution in [0.3, 0.4) is 0 Å². The summed E-state index contributed by atoms with van der Waals surface area (Å²) in [7, 11) is 0. The second kappa shape index (κ2) is 9.20. The standard InChI is InChI=1S/C17H21BrN4O.ClH/c18-15-3-1-2-14(10-15)12-22-16(7-9-20-22)21-17(23)5-4-13-6-8-19-11-13;/h1-3,7,9-10,13,19H,4-6,8,11-12H2,(H,21,23);1H. The molecule has 0 aliphatic carbocycles. The average Bonchev–Trinajstić information content (AvgIpc) is 3.18. The molecule has 1 aliphatic heterocycles. The summed E-state index contributed by atoms with van der Waals surface area (Å²) in [5, 5.41) is 10.6. The Morgan fingerprint density at radius 3 is 3.04 bits per heavy atom. The number of carbonyl (C=O) groups excluding carboxylic acids is 1. The largest absolute Gasteiger partial charge is 0.316 e. The van der Waals surface area contributed by atoms with Crippen molar-refractivity contribution in [2.45, 2.75) is 25.8 Å². The zero-order valence-electron chi connectivity index (χ0n) is 13.4. The van der Waals surface area contributed by atoms with E-state index < -0.39 is 0 Å². The number of aromatic nitrogens is 2. The molecule has 1 saturated heterocycles. The normalized spacial score (nSPS) is 16.6. The highest BCUT2D eigenvalue weighted by molar-refractivity contribution is 9.10. The van der Waals surface area contributed by atoms with E-state index in [1.807, 2.05) is 28.9 Å². The first-order chi connectivity index (χ1) is 11.2. The van der Waals surface area contributed by atoms with E-state index in [0.29, 0.717) is 18.9 Å². The van der Waals surface area contributed by atoms with Gasteiger partial charge in [-0.3, -0.25) is 4.79 Å². The maximum absolute atomic E-state index is 12.1. The number of amides is 1. The van der Waals surface area contributed by atoms with Crippen molar-refractivity contribution in [3.8, 4) is 0 Å². The summed E-state index contributed by atoms with van der Waals surface area (Å²) < 4.78 is 2.86. The number of hydrogen-bond donors (Lipinski definition) is 2. The molecule has 1 fully saturated rings. The molecule has 2 heterocycles. The molecule has 0 bridgehead atoms. The first kappa shape index (κ1) is 19.0. The molecule has 1 unspecified atom stereocenters. The molecular weight excluding hydrogens is 392 g/mol. The molecule has 5 nitrogen and oxygen atoms in total. The number of nitrogens with zero attached hydrogens (tertiary/aromatic N) is 2. The molecule has 1 aromatic carbocycles. The Balaban J connectivity index is 0.00000208. The van der Waals surface area contributed by atoms with Gasteiger partial charge in [-0.1, -0.05) is 28.1 Å². The zero-order chi connectivity index (χ0) is 16.1. The van der Waals surface area contributed by atoms with Gasteiger partial charge in [0.15, 0.2) is 0 Å². The molecule has 2 N–H and O–H groups in total. The third kappa shape index (κ3) is 5.33. The van der Waals surface area contributed by atoms with Gasteiger partial charge in [-0.2, -0.15) is 5.10 Å². The van der Waals surface area contributed by atoms with Gasteiger partial charge < -0.3 is 10.6 Å². The van der Waals surface area contributed by atoms with E-state index in [9.17, 15) is 4.79 Å². The highest BCUT2D eigenvalue weighted by Gasteiger charge is 2.16. The topological polar surface area (TPSA) is 59.0 Å². The van der Waals surface area contributed by atoms with Crippen LogP contribution in [0.5, 0.6) is 0 Å². The summed E-state index contributed by atoms with van der Waals surface area (Å²) in [5.74, 6) is 1.44. The molecule has 130 valence electrons. The van der Waals surface area contributed by atoms with Gasteiger partial charge in [-0.25, -0.2) is 4.68 Å². The van der Waals surface area contributed by atoms with Gasteiger partial charge in [0.1, 0.15) is 5.82 Å². The molecule has 1 aromatic heterocycles. The van der Waals surface area contributed by atoms with Gasteiger partial charge in [0.05, 0.1) is 12.7 Å². The van der Waals surface area contributed by atoms with Crippen LogP contribution in [0.1, 0.15) is 24.8 Å². The third-order valence-corrected chi connectivity index (χ3v) is 4.64. The van der Waals surface area contributed by atoms with E-state index in [1.54, 1.807) is 6.20 Å². The van der Waals surface area contributed by atoms with Gasteiger partial charge in [0, 0.05) is 17.0 Å². The molecule has 1 atom stereocenters. The van der Waals surface area contributed by atoms with Crippen molar-refractivity contribution in [2.75, 3.05) is 18.4 Å². The second-order valence-electron chi connectivity index (χ2n) is 5.95. The Kier molecular flexibility index (Phi) is 7.27. The number of hydrogen-bond acceptors (Lipinski definition) is 3. The van der Waals surface area contributed by atoms with Gasteiger partial charge in [0.2, 0.25) is 5.91 Å². The van der Waals surface area contributed by atoms with Crippen molar-refractivity contribution in [3.63, 3.8) is 0 Å². The minimum atomic E-state index is 0. The number of nitrogens with one attached hydrogen (secondary N) is 2. The summed E-state index contributed by atoms with van der Waals surface area (Å²) in [6.07, 6.45) is 4.40. The maximum Gasteiger partial charge on any atom is 0.225 e. The fourth-order valence-corrected chi connectivity index (χ4v) is 3.32. The average molecular weight is 414 g/mol. The Morgan fingerprint density at radius 1 is 1.42 bits per heavy atom. The minimum absolute atomic E-state index is 0. The smallest absolute Gasteiger partial charge is 0.225 e. The van der Waals surface area contributed by atoms with Crippen LogP contribution in [-0.4, -0.2) is 28.8 Å². The first-order valence-corrected chi connectivity index (χ1v) is 8.77. The number of anilines is 1. The van der Waals surface area contributed by atoms with E-state index in [0.717, 1.165) is 35.4 Å². The molecule has 1 amide bonds. The lowest BCUT2D eigenvalue weighted by Crippen LogP contribution is -2.17. The van der Waals surface area contributed by atoms with Crippen LogP contribution in [0.2, 0.25) is 0 Å². The zero-order valence-corrected chi connectivity index (χ0v) is 15.8. The third-order valence-electron chi connectivity index (χ3n) is 4.15. The van der Waals surface area contributed by atoms with Gasteiger partial charge in [-0.05, 0) is 49.5 Å². The highest BCUT2D eigenvalue weighted by atomic mass is 79.9. The quantitative estimate of drug-likeness (QED) is 0.762. The Bertz CT molecular complexity index is 670. The fraction of sp³-hybridized carbons (Fsp3) is 0.412. The molecule has 24 heavy (non-hydrogen) atoms. The number of carbonyl (C=O) groups is 1. The summed E-state index contributed by atoms with van der Waals surface area (Å²) in [6, 6.07) is 9.93. The van der Waals surface area contributed by atoms with E-state index in [4.69, 9.17) is 0 Å². The monoisotopic (exact) mass is 412 g/mol. The molecule has 1 aliphatic rings. The molecular formula is C17H22BrClN4O. The van der Waals surface area contributed by atoms with Crippen LogP contribution in [0.4, 0.5) is 5.82 Å². The van der Waals surface area contributed by atoms with Crippen LogP contribution >= 0.6 is 28.3 Å². The maximum atomic E-state index is 12.1. The predicted octanol–water partition coefficient (Wildman–Crippen LogP) is 3.44. The molecule has 2 aromatic rings. The fourth-order valence-electron chi connectivity index (χ4n) is 2.87. The SMILES string of the molecule is Cl.O=C(CCC1CCNC1)Nc1ccnn1Cc1cccc(Br)c1. The lowest BCUT2D eigenvalue weighted by Gasteiger charge is -2.11. The lowest BCUT2D eigenvalue weighted by atomic mass is 10.0. The molecule has 0 spiro atoms. The van der Waals surface area contributed by atoms with E-state index >= 15 is 0 Å². The van der Waals surface area contributed by atoms with Crippen LogP contribution in [0.25, 0.3) is 0 Å². The van der Waals surface area contributed by atoms with Gasteiger partial charge in [-0.15, -0.1) is 12.4 Å². The summed E-state index contributed by atoms with van der Waals surface area (Å²) in [5.41, 5.74) is 1.13. The van der Waals surface area contributed by atoms with Crippen LogP contribution in [0.15, 0.2) is 41.0 Å². The molecule has 3 rings (SSSR count). The van der Waals surface area contributed by atoms with Crippen molar-refractivity contribution in [1.29, 1.82) is 0 Å². The summed E-state index contributed by atoms with van der Waals surface area (Å²) in [4.78, 5) is 12.1. The van der Waals surface area contributed by atoms with Crippen LogP contribution in [-0.2, 0) is 11.3 Å². The first-order valence-electron chi connectivity index (χ1n) is 7.97. The van der Waals surface area contributed by atoms with Gasteiger partial charge >= 0.3 is 0 Å². The van der Waals surface area contributed by atoms with Crippen molar-refractivity contribution in [1.82, 2.24) is 15.1 Å². The van der Waals surface area contributed by atoms with Gasteiger partial charge in [0.25, 0.3) is 0 Å². The Labute approximate surface area is 156 Å². The van der Waals surface area contributed by atoms with Crippen molar-refractivity contribution < 1.29 is 4.79 Å². The van der Waals surface area contributed by atoms with E-state index in [2.05, 4.69) is 37.7 Å². The van der Waals surface area contributed by atoms with E-state index in [-0.39, 0.29) is 18.3 Å². The number of halogens is 2. The Hall–Kier alpha value is -1.37. The molecule has 0 saturated carbocycles. The highest BCUT2D eigenvalue weighted by Crippen LogP contribution is 2.17. The van der Waals surface area contributed by atoms with Crippen molar-refractivity contribution in [3.05, 3.63) is 46.6 Å². The second-order valence-corrected chi connectivity index (χ2v) is 6.87. The van der Waals surface area contributed by atoms with Crippen molar-refractivity contribution in [2.24, 2.45) is 5.92 Å². The van der Waals surface area contributed by atoms with Crippen LogP contribution < -0.4 is 10.6 Å².